The van der Waals surface area contributed by atoms with Crippen molar-refractivity contribution in [1.29, 1.82) is 0 Å². The molecular weight excluding hydrogens is 334 g/mol. The third-order valence-electron chi connectivity index (χ3n) is 3.77. The summed E-state index contributed by atoms with van der Waals surface area (Å²) in [6.45, 7) is 0.237. The SMILES string of the molecule is O=C(NCc1ccc(-n2cncn2)nc1)c1cnc2ccccn2c1=O. The Balaban J connectivity index is 1.49. The van der Waals surface area contributed by atoms with Crippen LogP contribution in [0.1, 0.15) is 15.9 Å². The Morgan fingerprint density at radius 1 is 1.12 bits per heavy atom. The molecule has 4 heterocycles. The number of aromatic nitrogens is 6. The average Bonchev–Trinajstić information content (AvgIpc) is 3.22. The molecule has 128 valence electrons. The predicted octanol–water partition coefficient (Wildman–Crippen LogP) is 0.600. The minimum atomic E-state index is -0.485. The molecular formula is C17H13N7O2. The second-order valence-electron chi connectivity index (χ2n) is 5.45. The lowest BCUT2D eigenvalue weighted by molar-refractivity contribution is 0.0949. The van der Waals surface area contributed by atoms with E-state index in [0.29, 0.717) is 11.5 Å². The maximum absolute atomic E-state index is 12.4. The number of pyridine rings is 2. The van der Waals surface area contributed by atoms with Crippen LogP contribution in [0.15, 0.2) is 66.4 Å². The van der Waals surface area contributed by atoms with E-state index in [9.17, 15) is 9.59 Å². The lowest BCUT2D eigenvalue weighted by Gasteiger charge is -2.07. The first kappa shape index (κ1) is 15.6. The molecule has 9 heteroatoms. The maximum atomic E-state index is 12.4. The van der Waals surface area contributed by atoms with Crippen molar-refractivity contribution >= 4 is 11.6 Å². The molecule has 4 rings (SSSR count). The lowest BCUT2D eigenvalue weighted by Crippen LogP contribution is -2.31. The standard InChI is InChI=1S/C17H13N7O2/c25-16(13-9-20-14-3-1-2-6-23(14)17(13)26)21-8-12-4-5-15(19-7-12)24-11-18-10-22-24/h1-7,9-11H,8H2,(H,21,25). The van der Waals surface area contributed by atoms with Gasteiger partial charge in [-0.25, -0.2) is 19.6 Å². The van der Waals surface area contributed by atoms with Crippen molar-refractivity contribution in [2.24, 2.45) is 0 Å². The highest BCUT2D eigenvalue weighted by atomic mass is 16.2. The number of nitrogens with one attached hydrogen (secondary N) is 1. The van der Waals surface area contributed by atoms with Gasteiger partial charge in [0, 0.05) is 25.1 Å². The molecule has 0 aromatic carbocycles. The highest BCUT2D eigenvalue weighted by Gasteiger charge is 2.13. The van der Waals surface area contributed by atoms with Gasteiger partial charge in [0.15, 0.2) is 5.82 Å². The van der Waals surface area contributed by atoms with Gasteiger partial charge in [-0.2, -0.15) is 5.10 Å². The van der Waals surface area contributed by atoms with Gasteiger partial charge in [-0.1, -0.05) is 12.1 Å². The van der Waals surface area contributed by atoms with Crippen LogP contribution < -0.4 is 10.9 Å². The summed E-state index contributed by atoms with van der Waals surface area (Å²) in [4.78, 5) is 37.0. The van der Waals surface area contributed by atoms with E-state index in [0.717, 1.165) is 5.56 Å². The van der Waals surface area contributed by atoms with Crippen LogP contribution in [0.4, 0.5) is 0 Å². The summed E-state index contributed by atoms with van der Waals surface area (Å²) < 4.78 is 2.87. The minimum Gasteiger partial charge on any atom is -0.348 e. The Bertz CT molecular complexity index is 1120. The Hall–Kier alpha value is -3.88. The van der Waals surface area contributed by atoms with Gasteiger partial charge in [0.25, 0.3) is 11.5 Å². The van der Waals surface area contributed by atoms with E-state index in [2.05, 4.69) is 25.4 Å². The third kappa shape index (κ3) is 2.93. The van der Waals surface area contributed by atoms with Crippen molar-refractivity contribution in [2.75, 3.05) is 0 Å². The van der Waals surface area contributed by atoms with Crippen LogP contribution in [0.3, 0.4) is 0 Å². The molecule has 1 N–H and O–H groups in total. The number of fused-ring (bicyclic) bond motifs is 1. The molecule has 4 aromatic heterocycles. The first-order valence-electron chi connectivity index (χ1n) is 7.77. The predicted molar refractivity (Wildman–Crippen MR) is 91.8 cm³/mol. The fraction of sp³-hybridized carbons (Fsp3) is 0.0588. The smallest absolute Gasteiger partial charge is 0.270 e. The topological polar surface area (TPSA) is 107 Å². The first-order valence-corrected chi connectivity index (χ1v) is 7.77. The van der Waals surface area contributed by atoms with Crippen LogP contribution in [-0.2, 0) is 6.54 Å². The molecule has 0 saturated heterocycles. The van der Waals surface area contributed by atoms with E-state index in [4.69, 9.17) is 0 Å². The maximum Gasteiger partial charge on any atom is 0.270 e. The summed E-state index contributed by atoms with van der Waals surface area (Å²) in [5.74, 6) is 0.135. The van der Waals surface area contributed by atoms with Crippen molar-refractivity contribution < 1.29 is 4.79 Å². The summed E-state index contributed by atoms with van der Waals surface area (Å²) in [7, 11) is 0. The van der Waals surface area contributed by atoms with Crippen molar-refractivity contribution in [2.45, 2.75) is 6.54 Å². The quantitative estimate of drug-likeness (QED) is 0.579. The molecule has 0 bridgehead atoms. The number of rotatable bonds is 4. The van der Waals surface area contributed by atoms with Crippen molar-refractivity contribution in [3.63, 3.8) is 0 Å². The summed E-state index contributed by atoms with van der Waals surface area (Å²) >= 11 is 0. The average molecular weight is 347 g/mol. The molecule has 0 saturated carbocycles. The number of carbonyl (C=O) groups is 1. The van der Waals surface area contributed by atoms with E-state index >= 15 is 0 Å². The van der Waals surface area contributed by atoms with Crippen LogP contribution >= 0.6 is 0 Å². The zero-order valence-electron chi connectivity index (χ0n) is 13.5. The fourth-order valence-corrected chi connectivity index (χ4v) is 2.44. The van der Waals surface area contributed by atoms with E-state index in [1.165, 1.54) is 21.6 Å². The third-order valence-corrected chi connectivity index (χ3v) is 3.77. The Morgan fingerprint density at radius 2 is 2.04 bits per heavy atom. The fourth-order valence-electron chi connectivity index (χ4n) is 2.44. The molecule has 0 spiro atoms. The number of hydrogen-bond acceptors (Lipinski definition) is 6. The molecule has 4 aromatic rings. The second-order valence-corrected chi connectivity index (χ2v) is 5.45. The molecule has 0 atom stereocenters. The van der Waals surface area contributed by atoms with Crippen LogP contribution in [-0.4, -0.2) is 35.0 Å². The molecule has 0 aliphatic carbocycles. The monoisotopic (exact) mass is 347 g/mol. The minimum absolute atomic E-state index is 0.0131. The molecule has 0 aliphatic rings. The molecule has 26 heavy (non-hydrogen) atoms. The first-order chi connectivity index (χ1) is 12.7. The normalized spacial score (nSPS) is 10.8. The van der Waals surface area contributed by atoms with Crippen molar-refractivity contribution in [1.82, 2.24) is 34.4 Å². The number of amides is 1. The summed E-state index contributed by atoms with van der Waals surface area (Å²) in [5, 5.41) is 6.70. The molecule has 0 fully saturated rings. The van der Waals surface area contributed by atoms with E-state index < -0.39 is 11.5 Å². The molecule has 1 amide bonds. The number of nitrogens with zero attached hydrogens (tertiary/aromatic N) is 6. The largest absolute Gasteiger partial charge is 0.348 e. The van der Waals surface area contributed by atoms with Crippen LogP contribution in [0.5, 0.6) is 0 Å². The van der Waals surface area contributed by atoms with Gasteiger partial charge in [-0.15, -0.1) is 0 Å². The summed E-state index contributed by atoms with van der Waals surface area (Å²) in [6, 6.07) is 8.77. The van der Waals surface area contributed by atoms with E-state index in [1.807, 2.05) is 6.07 Å². The van der Waals surface area contributed by atoms with E-state index in [-0.39, 0.29) is 12.1 Å². The molecule has 9 nitrogen and oxygen atoms in total. The zero-order valence-corrected chi connectivity index (χ0v) is 13.5. The highest BCUT2D eigenvalue weighted by Crippen LogP contribution is 2.04. The van der Waals surface area contributed by atoms with Crippen molar-refractivity contribution in [3.05, 3.63) is 83.1 Å². The van der Waals surface area contributed by atoms with Crippen LogP contribution in [0.25, 0.3) is 11.5 Å². The Kier molecular flexibility index (Phi) is 3.94. The molecule has 0 radical (unpaired) electrons. The molecule has 0 unspecified atom stereocenters. The van der Waals surface area contributed by atoms with Gasteiger partial charge in [0.05, 0.1) is 0 Å². The van der Waals surface area contributed by atoms with Gasteiger partial charge in [0.1, 0.15) is 23.9 Å². The van der Waals surface area contributed by atoms with Gasteiger partial charge in [0.2, 0.25) is 0 Å². The van der Waals surface area contributed by atoms with Crippen molar-refractivity contribution in [3.8, 4) is 5.82 Å². The van der Waals surface area contributed by atoms with Crippen LogP contribution in [0, 0.1) is 0 Å². The lowest BCUT2D eigenvalue weighted by atomic mass is 10.2. The summed E-state index contributed by atoms with van der Waals surface area (Å²) in [5.41, 5.74) is 0.853. The van der Waals surface area contributed by atoms with Gasteiger partial charge in [-0.3, -0.25) is 14.0 Å². The van der Waals surface area contributed by atoms with Gasteiger partial charge >= 0.3 is 0 Å². The van der Waals surface area contributed by atoms with Gasteiger partial charge < -0.3 is 5.32 Å². The van der Waals surface area contributed by atoms with E-state index in [1.54, 1.807) is 43.0 Å². The van der Waals surface area contributed by atoms with Crippen LogP contribution in [0.2, 0.25) is 0 Å². The number of hydrogen-bond donors (Lipinski definition) is 1. The zero-order chi connectivity index (χ0) is 17.9. The Morgan fingerprint density at radius 3 is 2.81 bits per heavy atom. The number of carbonyl (C=O) groups excluding carboxylic acids is 1. The molecule has 0 aliphatic heterocycles. The highest BCUT2D eigenvalue weighted by molar-refractivity contribution is 5.93. The van der Waals surface area contributed by atoms with Gasteiger partial charge in [-0.05, 0) is 23.8 Å². The Labute approximate surface area is 147 Å². The summed E-state index contributed by atoms with van der Waals surface area (Å²) in [6.07, 6.45) is 7.46. The second kappa shape index (κ2) is 6.55.